The Morgan fingerprint density at radius 3 is 1.06 bits per heavy atom. The molecule has 0 saturated heterocycles. The van der Waals surface area contributed by atoms with Crippen LogP contribution in [0.3, 0.4) is 0 Å². The molecule has 4 N–H and O–H groups in total. The highest BCUT2D eigenvalue weighted by molar-refractivity contribution is 7.85. The summed E-state index contributed by atoms with van der Waals surface area (Å²) in [5, 5.41) is 23.5. The van der Waals surface area contributed by atoms with Gasteiger partial charge in [-0.25, -0.2) is 0 Å². The van der Waals surface area contributed by atoms with Gasteiger partial charge in [0.2, 0.25) is 5.91 Å². The second-order valence-corrected chi connectivity index (χ2v) is 15.9. The van der Waals surface area contributed by atoms with Gasteiger partial charge in [0.1, 0.15) is 6.10 Å². The topological polar surface area (TPSA) is 124 Å². The van der Waals surface area contributed by atoms with Crippen molar-refractivity contribution >= 4 is 16.0 Å². The molecular formula is C39H79NO6S. The van der Waals surface area contributed by atoms with Crippen molar-refractivity contribution in [2.45, 2.75) is 238 Å². The Morgan fingerprint density at radius 2 is 0.766 bits per heavy atom. The molecule has 0 radical (unpaired) electrons. The van der Waals surface area contributed by atoms with Crippen LogP contribution in [0.4, 0.5) is 0 Å². The molecule has 0 aliphatic rings. The Hall–Kier alpha value is -0.700. The number of carbonyl (C=O) groups excluding carboxylic acids is 1. The Labute approximate surface area is 292 Å². The Bertz CT molecular complexity index is 777. The quantitative estimate of drug-likeness (QED) is 0.0380. The number of amides is 1. The first-order valence-electron chi connectivity index (χ1n) is 20.3. The van der Waals surface area contributed by atoms with Crippen LogP contribution in [-0.4, -0.2) is 53.1 Å². The summed E-state index contributed by atoms with van der Waals surface area (Å²) in [6.45, 7) is 4.49. The van der Waals surface area contributed by atoms with Crippen molar-refractivity contribution in [2.24, 2.45) is 0 Å². The van der Waals surface area contributed by atoms with E-state index < -0.39 is 40.0 Å². The van der Waals surface area contributed by atoms with Crippen LogP contribution in [-0.2, 0) is 14.9 Å². The molecular weight excluding hydrogens is 610 g/mol. The molecule has 3 atom stereocenters. The van der Waals surface area contributed by atoms with Gasteiger partial charge in [0.05, 0.1) is 17.9 Å². The average molecular weight is 690 g/mol. The number of unbranched alkanes of at least 4 members (excludes halogenated alkanes) is 28. The maximum Gasteiger partial charge on any atom is 0.266 e. The third-order valence-electron chi connectivity index (χ3n) is 9.67. The minimum absolute atomic E-state index is 0.303. The summed E-state index contributed by atoms with van der Waals surface area (Å²) in [5.41, 5.74) is 0. The van der Waals surface area contributed by atoms with Crippen LogP contribution in [0.25, 0.3) is 0 Å². The van der Waals surface area contributed by atoms with E-state index in [1.165, 1.54) is 148 Å². The molecule has 8 heteroatoms. The van der Waals surface area contributed by atoms with Gasteiger partial charge in [-0.15, -0.1) is 0 Å². The normalized spacial score (nSPS) is 13.9. The van der Waals surface area contributed by atoms with Crippen LogP contribution < -0.4 is 5.32 Å². The molecule has 0 aromatic rings. The number of nitrogens with one attached hydrogen (secondary N) is 1. The van der Waals surface area contributed by atoms with Gasteiger partial charge in [-0.3, -0.25) is 9.35 Å². The van der Waals surface area contributed by atoms with Crippen LogP contribution in [0.15, 0.2) is 0 Å². The van der Waals surface area contributed by atoms with E-state index in [-0.39, 0.29) is 0 Å². The van der Waals surface area contributed by atoms with E-state index in [1.54, 1.807) is 0 Å². The third kappa shape index (κ3) is 33.6. The van der Waals surface area contributed by atoms with Crippen molar-refractivity contribution in [1.29, 1.82) is 0 Å². The number of hydrogen-bond acceptors (Lipinski definition) is 5. The van der Waals surface area contributed by atoms with Crippen LogP contribution in [0.1, 0.15) is 219 Å². The van der Waals surface area contributed by atoms with Gasteiger partial charge in [0, 0.05) is 0 Å². The maximum atomic E-state index is 12.6. The van der Waals surface area contributed by atoms with Crippen LogP contribution in [0.2, 0.25) is 0 Å². The van der Waals surface area contributed by atoms with E-state index in [0.29, 0.717) is 12.8 Å². The Morgan fingerprint density at radius 1 is 0.489 bits per heavy atom. The number of aliphatic hydroxyl groups excluding tert-OH is 2. The number of carbonyl (C=O) groups is 1. The van der Waals surface area contributed by atoms with Gasteiger partial charge in [-0.05, 0) is 12.8 Å². The van der Waals surface area contributed by atoms with E-state index in [2.05, 4.69) is 19.2 Å². The molecule has 47 heavy (non-hydrogen) atoms. The largest absolute Gasteiger partial charge is 0.391 e. The highest BCUT2D eigenvalue weighted by Gasteiger charge is 2.28. The zero-order valence-corrected chi connectivity index (χ0v) is 31.9. The van der Waals surface area contributed by atoms with E-state index in [4.69, 9.17) is 0 Å². The van der Waals surface area contributed by atoms with Crippen LogP contribution in [0, 0.1) is 0 Å². The zero-order valence-electron chi connectivity index (χ0n) is 31.0. The first-order chi connectivity index (χ1) is 22.7. The summed E-state index contributed by atoms with van der Waals surface area (Å²) < 4.78 is 32.4. The van der Waals surface area contributed by atoms with Gasteiger partial charge in [-0.1, -0.05) is 206 Å². The van der Waals surface area contributed by atoms with Gasteiger partial charge in [0.15, 0.2) is 0 Å². The molecule has 0 fully saturated rings. The van der Waals surface area contributed by atoms with Gasteiger partial charge >= 0.3 is 0 Å². The molecule has 282 valence electrons. The monoisotopic (exact) mass is 690 g/mol. The highest BCUT2D eigenvalue weighted by Crippen LogP contribution is 2.17. The summed E-state index contributed by atoms with van der Waals surface area (Å²) in [6.07, 6.45) is 35.6. The number of aliphatic hydroxyl groups is 2. The molecule has 0 spiro atoms. The smallest absolute Gasteiger partial charge is 0.266 e. The molecule has 0 bridgehead atoms. The lowest BCUT2D eigenvalue weighted by Gasteiger charge is -2.24. The lowest BCUT2D eigenvalue weighted by molar-refractivity contribution is -0.131. The molecule has 0 aliphatic heterocycles. The van der Waals surface area contributed by atoms with E-state index >= 15 is 0 Å². The molecule has 0 aliphatic carbocycles. The van der Waals surface area contributed by atoms with E-state index in [9.17, 15) is 28.0 Å². The maximum absolute atomic E-state index is 12.6. The summed E-state index contributed by atoms with van der Waals surface area (Å²) in [7, 11) is -4.40. The first-order valence-corrected chi connectivity index (χ1v) is 21.9. The SMILES string of the molecule is CCCCCCCCCCCCCCCCCCCCCCC(O)C(=O)NC(CS(=O)(=O)O)C(O)CCCCCCCCCCCC. The fourth-order valence-corrected chi connectivity index (χ4v) is 7.28. The number of hydrogen-bond donors (Lipinski definition) is 4. The molecule has 0 aromatic heterocycles. The standard InChI is InChI=1S/C39H79NO6S/c1-3-5-7-9-11-13-15-16-17-18-19-20-21-22-23-24-26-28-30-32-34-38(42)39(43)40-36(35-47(44,45)46)37(41)33-31-29-27-25-14-12-10-8-6-4-2/h36-38,41-42H,3-35H2,1-2H3,(H,40,43)(H,44,45,46). The molecule has 7 nitrogen and oxygen atoms in total. The predicted octanol–water partition coefficient (Wildman–Crippen LogP) is 10.6. The fourth-order valence-electron chi connectivity index (χ4n) is 6.52. The summed E-state index contributed by atoms with van der Waals surface area (Å²) in [5.74, 6) is -1.44. The molecule has 3 unspecified atom stereocenters. The number of rotatable bonds is 37. The van der Waals surface area contributed by atoms with E-state index in [1.807, 2.05) is 0 Å². The van der Waals surface area contributed by atoms with Gasteiger partial charge in [0.25, 0.3) is 10.1 Å². The second kappa shape index (κ2) is 33.8. The third-order valence-corrected chi connectivity index (χ3v) is 10.4. The minimum atomic E-state index is -4.40. The van der Waals surface area contributed by atoms with Crippen molar-refractivity contribution in [2.75, 3.05) is 5.75 Å². The van der Waals surface area contributed by atoms with Crippen LogP contribution >= 0.6 is 0 Å². The predicted molar refractivity (Wildman–Crippen MR) is 199 cm³/mol. The second-order valence-electron chi connectivity index (χ2n) is 14.4. The molecule has 0 saturated carbocycles. The molecule has 0 rings (SSSR count). The molecule has 0 heterocycles. The summed E-state index contributed by atoms with van der Waals surface area (Å²) >= 11 is 0. The average Bonchev–Trinajstić information content (AvgIpc) is 3.03. The summed E-state index contributed by atoms with van der Waals surface area (Å²) in [6, 6.07) is -1.14. The first kappa shape index (κ1) is 46.3. The Kier molecular flexibility index (Phi) is 33.3. The van der Waals surface area contributed by atoms with E-state index in [0.717, 1.165) is 44.9 Å². The zero-order chi connectivity index (χ0) is 34.9. The molecule has 0 aromatic carbocycles. The van der Waals surface area contributed by atoms with Crippen molar-refractivity contribution in [3.8, 4) is 0 Å². The summed E-state index contributed by atoms with van der Waals surface area (Å²) in [4.78, 5) is 12.6. The fraction of sp³-hybridized carbons (Fsp3) is 0.974. The minimum Gasteiger partial charge on any atom is -0.391 e. The lowest BCUT2D eigenvalue weighted by atomic mass is 10.0. The van der Waals surface area contributed by atoms with Crippen molar-refractivity contribution in [3.05, 3.63) is 0 Å². The molecule has 1 amide bonds. The van der Waals surface area contributed by atoms with Gasteiger partial charge in [-0.2, -0.15) is 8.42 Å². The highest BCUT2D eigenvalue weighted by atomic mass is 32.2. The van der Waals surface area contributed by atoms with Gasteiger partial charge < -0.3 is 15.5 Å². The van der Waals surface area contributed by atoms with Crippen molar-refractivity contribution in [3.63, 3.8) is 0 Å². The lowest BCUT2D eigenvalue weighted by Crippen LogP contribution is -2.50. The van der Waals surface area contributed by atoms with Crippen LogP contribution in [0.5, 0.6) is 0 Å². The van der Waals surface area contributed by atoms with Crippen molar-refractivity contribution < 1.29 is 28.0 Å². The Balaban J connectivity index is 3.87. The van der Waals surface area contributed by atoms with Crippen molar-refractivity contribution in [1.82, 2.24) is 5.32 Å².